The van der Waals surface area contributed by atoms with Gasteiger partial charge in [0.1, 0.15) is 12.1 Å². The number of carbonyl (C=O) groups excluding carboxylic acids is 1. The highest BCUT2D eigenvalue weighted by Gasteiger charge is 2.22. The maximum absolute atomic E-state index is 11.2. The van der Waals surface area contributed by atoms with Gasteiger partial charge in [-0.2, -0.15) is 0 Å². The highest BCUT2D eigenvalue weighted by molar-refractivity contribution is 5.78. The predicted molar refractivity (Wildman–Crippen MR) is 55.6 cm³/mol. The Bertz CT molecular complexity index is 217. The maximum atomic E-state index is 11.2. The molecule has 0 spiro atoms. The van der Waals surface area contributed by atoms with E-state index in [9.17, 15) is 9.59 Å². The van der Waals surface area contributed by atoms with Crippen LogP contribution in [0.2, 0.25) is 0 Å². The van der Waals surface area contributed by atoms with Crippen molar-refractivity contribution in [1.82, 2.24) is 5.32 Å². The molecule has 0 aromatic heterocycles. The van der Waals surface area contributed by atoms with Crippen molar-refractivity contribution in [3.8, 4) is 0 Å². The van der Waals surface area contributed by atoms with Crippen molar-refractivity contribution in [3.63, 3.8) is 0 Å². The molecule has 2 N–H and O–H groups in total. The van der Waals surface area contributed by atoms with Crippen LogP contribution >= 0.6 is 0 Å². The van der Waals surface area contributed by atoms with Crippen molar-refractivity contribution in [1.29, 1.82) is 0 Å². The standard InChI is InChI=1S/C10H19NO4/c1-4-6-8(9(12)13)11-7(3)10(14)15-5-2/h7-8,11H,4-6H2,1-3H3,(H,12,13)/t7-,8?/m0/s1. The number of aliphatic carboxylic acids is 1. The first-order valence-electron chi connectivity index (χ1n) is 5.18. The summed E-state index contributed by atoms with van der Waals surface area (Å²) in [6, 6.07) is -1.27. The Balaban J connectivity index is 4.15. The van der Waals surface area contributed by atoms with Crippen LogP contribution in [-0.2, 0) is 14.3 Å². The van der Waals surface area contributed by atoms with Gasteiger partial charge in [-0.25, -0.2) is 0 Å². The van der Waals surface area contributed by atoms with Crippen LogP contribution in [0.25, 0.3) is 0 Å². The summed E-state index contributed by atoms with van der Waals surface area (Å²) in [6.45, 7) is 5.51. The normalized spacial score (nSPS) is 14.3. The Labute approximate surface area is 89.8 Å². The van der Waals surface area contributed by atoms with E-state index < -0.39 is 24.0 Å². The molecule has 0 aromatic carbocycles. The molecule has 5 nitrogen and oxygen atoms in total. The summed E-state index contributed by atoms with van der Waals surface area (Å²) in [4.78, 5) is 22.0. The van der Waals surface area contributed by atoms with Gasteiger partial charge in [0.25, 0.3) is 0 Å². The van der Waals surface area contributed by atoms with E-state index in [1.807, 2.05) is 6.92 Å². The lowest BCUT2D eigenvalue weighted by Crippen LogP contribution is -2.46. The molecular formula is C10H19NO4. The first-order valence-corrected chi connectivity index (χ1v) is 5.18. The van der Waals surface area contributed by atoms with Crippen molar-refractivity contribution < 1.29 is 19.4 Å². The number of hydrogen-bond donors (Lipinski definition) is 2. The average Bonchev–Trinajstić information content (AvgIpc) is 2.17. The van der Waals surface area contributed by atoms with Crippen LogP contribution in [-0.4, -0.2) is 35.7 Å². The number of hydrogen-bond acceptors (Lipinski definition) is 4. The summed E-state index contributed by atoms with van der Waals surface area (Å²) in [5, 5.41) is 11.6. The molecule has 15 heavy (non-hydrogen) atoms. The number of carboxylic acid groups (broad SMARTS) is 1. The van der Waals surface area contributed by atoms with Crippen LogP contribution in [0.1, 0.15) is 33.6 Å². The lowest BCUT2D eigenvalue weighted by molar-refractivity contribution is -0.146. The lowest BCUT2D eigenvalue weighted by Gasteiger charge is -2.18. The molecule has 0 bridgehead atoms. The van der Waals surface area contributed by atoms with Gasteiger partial charge < -0.3 is 9.84 Å². The Morgan fingerprint density at radius 2 is 2.00 bits per heavy atom. The fourth-order valence-electron chi connectivity index (χ4n) is 1.20. The van der Waals surface area contributed by atoms with Gasteiger partial charge in [-0.1, -0.05) is 13.3 Å². The van der Waals surface area contributed by atoms with Crippen molar-refractivity contribution >= 4 is 11.9 Å². The summed E-state index contributed by atoms with van der Waals surface area (Å²) in [6.07, 6.45) is 1.25. The molecule has 1 unspecified atom stereocenters. The summed E-state index contributed by atoms with van der Waals surface area (Å²) in [5.41, 5.74) is 0. The van der Waals surface area contributed by atoms with Crippen LogP contribution in [0, 0.1) is 0 Å². The number of esters is 1. The van der Waals surface area contributed by atoms with Crippen LogP contribution in [0.5, 0.6) is 0 Å². The molecule has 0 aromatic rings. The van der Waals surface area contributed by atoms with E-state index in [4.69, 9.17) is 9.84 Å². The van der Waals surface area contributed by atoms with Crippen molar-refractivity contribution in [3.05, 3.63) is 0 Å². The number of ether oxygens (including phenoxy) is 1. The zero-order chi connectivity index (χ0) is 11.8. The second-order valence-electron chi connectivity index (χ2n) is 3.32. The summed E-state index contributed by atoms with van der Waals surface area (Å²) in [7, 11) is 0. The number of rotatable bonds is 7. The molecule has 0 amide bonds. The Hall–Kier alpha value is -1.10. The lowest BCUT2D eigenvalue weighted by atomic mass is 10.1. The van der Waals surface area contributed by atoms with Gasteiger partial charge in [-0.3, -0.25) is 14.9 Å². The molecule has 0 heterocycles. The van der Waals surface area contributed by atoms with Gasteiger partial charge in [0.15, 0.2) is 0 Å². The van der Waals surface area contributed by atoms with Crippen molar-refractivity contribution in [2.75, 3.05) is 6.61 Å². The highest BCUT2D eigenvalue weighted by Crippen LogP contribution is 1.99. The minimum Gasteiger partial charge on any atom is -0.480 e. The van der Waals surface area contributed by atoms with Gasteiger partial charge in [-0.15, -0.1) is 0 Å². The van der Waals surface area contributed by atoms with Crippen molar-refractivity contribution in [2.24, 2.45) is 0 Å². The van der Waals surface area contributed by atoms with Gasteiger partial charge >= 0.3 is 11.9 Å². The van der Waals surface area contributed by atoms with E-state index in [1.54, 1.807) is 13.8 Å². The quantitative estimate of drug-likeness (QED) is 0.616. The second kappa shape index (κ2) is 7.23. The van der Waals surface area contributed by atoms with Gasteiger partial charge in [0.05, 0.1) is 6.61 Å². The summed E-state index contributed by atoms with van der Waals surface area (Å²) in [5.74, 6) is -1.35. The van der Waals surface area contributed by atoms with Gasteiger partial charge in [-0.05, 0) is 20.3 Å². The van der Waals surface area contributed by atoms with E-state index in [0.29, 0.717) is 13.0 Å². The van der Waals surface area contributed by atoms with E-state index >= 15 is 0 Å². The zero-order valence-electron chi connectivity index (χ0n) is 9.45. The fraction of sp³-hybridized carbons (Fsp3) is 0.800. The Morgan fingerprint density at radius 3 is 2.40 bits per heavy atom. The molecule has 0 aliphatic carbocycles. The molecule has 0 radical (unpaired) electrons. The third kappa shape index (κ3) is 5.37. The smallest absolute Gasteiger partial charge is 0.322 e. The maximum Gasteiger partial charge on any atom is 0.322 e. The largest absolute Gasteiger partial charge is 0.480 e. The number of carbonyl (C=O) groups is 2. The van der Waals surface area contributed by atoms with E-state index in [1.165, 1.54) is 0 Å². The van der Waals surface area contributed by atoms with Crippen LogP contribution in [0.3, 0.4) is 0 Å². The molecule has 0 aliphatic heterocycles. The van der Waals surface area contributed by atoms with Gasteiger partial charge in [0.2, 0.25) is 0 Å². The topological polar surface area (TPSA) is 75.6 Å². The minimum atomic E-state index is -0.937. The number of nitrogens with one attached hydrogen (secondary N) is 1. The van der Waals surface area contributed by atoms with E-state index in [0.717, 1.165) is 6.42 Å². The monoisotopic (exact) mass is 217 g/mol. The van der Waals surface area contributed by atoms with E-state index in [2.05, 4.69) is 5.32 Å². The van der Waals surface area contributed by atoms with E-state index in [-0.39, 0.29) is 0 Å². The zero-order valence-corrected chi connectivity index (χ0v) is 9.45. The molecule has 0 fully saturated rings. The molecule has 0 aliphatic rings. The summed E-state index contributed by atoms with van der Waals surface area (Å²) >= 11 is 0. The molecule has 88 valence electrons. The number of carboxylic acids is 1. The molecule has 0 saturated carbocycles. The SMILES string of the molecule is CCCC(N[C@@H](C)C(=O)OCC)C(=O)O. The fourth-order valence-corrected chi connectivity index (χ4v) is 1.20. The minimum absolute atomic E-state index is 0.302. The molecule has 5 heteroatoms. The molecule has 0 saturated heterocycles. The first kappa shape index (κ1) is 13.9. The highest BCUT2D eigenvalue weighted by atomic mass is 16.5. The molecule has 0 rings (SSSR count). The predicted octanol–water partition coefficient (Wildman–Crippen LogP) is 0.781. The Kier molecular flexibility index (Phi) is 6.70. The first-order chi connectivity index (χ1) is 7.02. The van der Waals surface area contributed by atoms with Gasteiger partial charge in [0, 0.05) is 0 Å². The summed E-state index contributed by atoms with van der Waals surface area (Å²) < 4.78 is 4.77. The van der Waals surface area contributed by atoms with Crippen molar-refractivity contribution in [2.45, 2.75) is 45.7 Å². The molecule has 2 atom stereocenters. The third-order valence-electron chi connectivity index (χ3n) is 1.97. The van der Waals surface area contributed by atoms with Crippen LogP contribution in [0.15, 0.2) is 0 Å². The average molecular weight is 217 g/mol. The molecular weight excluding hydrogens is 198 g/mol. The third-order valence-corrected chi connectivity index (χ3v) is 1.97. The van der Waals surface area contributed by atoms with Crippen LogP contribution < -0.4 is 5.32 Å². The van der Waals surface area contributed by atoms with Crippen LogP contribution in [0.4, 0.5) is 0 Å². The Morgan fingerprint density at radius 1 is 1.40 bits per heavy atom. The second-order valence-corrected chi connectivity index (χ2v) is 3.32.